The molecular weight excluding hydrogens is 224 g/mol. The van der Waals surface area contributed by atoms with Crippen LogP contribution in [0, 0.1) is 5.92 Å². The lowest BCUT2D eigenvalue weighted by Gasteiger charge is -2.16. The summed E-state index contributed by atoms with van der Waals surface area (Å²) < 4.78 is 0. The molecule has 90 valence electrons. The molecule has 1 aliphatic heterocycles. The topological polar surface area (TPSA) is 50.2 Å². The number of anilines is 2. The number of hydrogen-bond acceptors (Lipinski definition) is 4. The Morgan fingerprint density at radius 3 is 3.06 bits per heavy atom. The van der Waals surface area contributed by atoms with Crippen LogP contribution in [0.4, 0.5) is 17.2 Å². The van der Waals surface area contributed by atoms with Crippen LogP contribution in [0.5, 0.6) is 0 Å². The number of benzene rings is 1. The van der Waals surface area contributed by atoms with E-state index in [9.17, 15) is 0 Å². The van der Waals surface area contributed by atoms with Gasteiger partial charge in [-0.15, -0.1) is 0 Å². The molecule has 2 heterocycles. The molecule has 1 aromatic carbocycles. The molecule has 0 saturated carbocycles. The summed E-state index contributed by atoms with van der Waals surface area (Å²) in [4.78, 5) is 12.5. The van der Waals surface area contributed by atoms with E-state index in [0.717, 1.165) is 23.6 Å². The maximum Gasteiger partial charge on any atom is 0.133 e. The number of aliphatic imine (C=N–C) groups is 1. The number of aromatic nitrogens is 2. The Balaban J connectivity index is 1.87. The Hall–Kier alpha value is -2.23. The predicted molar refractivity (Wildman–Crippen MR) is 72.8 cm³/mol. The van der Waals surface area contributed by atoms with Crippen molar-refractivity contribution in [2.75, 3.05) is 5.32 Å². The third-order valence-corrected chi connectivity index (χ3v) is 2.94. The Labute approximate surface area is 106 Å². The average molecular weight is 238 g/mol. The first-order valence-electron chi connectivity index (χ1n) is 6.01. The molecule has 4 nitrogen and oxygen atoms in total. The monoisotopic (exact) mass is 238 g/mol. The molecule has 1 unspecified atom stereocenters. The van der Waals surface area contributed by atoms with Gasteiger partial charge in [0.15, 0.2) is 0 Å². The van der Waals surface area contributed by atoms with E-state index >= 15 is 0 Å². The lowest BCUT2D eigenvalue weighted by atomic mass is 9.97. The Bertz CT molecular complexity index is 578. The molecule has 2 aromatic rings. The molecule has 1 atom stereocenters. The molecule has 0 radical (unpaired) electrons. The second kappa shape index (κ2) is 4.56. The number of fused-ring (bicyclic) bond motifs is 1. The van der Waals surface area contributed by atoms with Gasteiger partial charge in [0.1, 0.15) is 12.1 Å². The van der Waals surface area contributed by atoms with Crippen molar-refractivity contribution in [3.05, 3.63) is 42.4 Å². The smallest absolute Gasteiger partial charge is 0.133 e. The van der Waals surface area contributed by atoms with Gasteiger partial charge in [0.25, 0.3) is 0 Å². The highest BCUT2D eigenvalue weighted by Crippen LogP contribution is 2.29. The van der Waals surface area contributed by atoms with E-state index in [0.29, 0.717) is 5.92 Å². The van der Waals surface area contributed by atoms with Crippen LogP contribution in [0.3, 0.4) is 0 Å². The van der Waals surface area contributed by atoms with Gasteiger partial charge in [-0.3, -0.25) is 4.99 Å². The summed E-state index contributed by atoms with van der Waals surface area (Å²) in [5, 5.41) is 3.27. The predicted octanol–water partition coefficient (Wildman–Crippen LogP) is 3.11. The van der Waals surface area contributed by atoms with Gasteiger partial charge in [-0.25, -0.2) is 9.97 Å². The fraction of sp³-hybridized carbons (Fsp3) is 0.214. The van der Waals surface area contributed by atoms with Gasteiger partial charge >= 0.3 is 0 Å². The van der Waals surface area contributed by atoms with Crippen LogP contribution in [-0.2, 0) is 6.42 Å². The van der Waals surface area contributed by atoms with Crippen molar-refractivity contribution in [3.8, 4) is 0 Å². The fourth-order valence-corrected chi connectivity index (χ4v) is 2.07. The van der Waals surface area contributed by atoms with Crippen LogP contribution in [-0.4, -0.2) is 16.2 Å². The zero-order valence-corrected chi connectivity index (χ0v) is 10.2. The maximum atomic E-state index is 4.44. The highest BCUT2D eigenvalue weighted by molar-refractivity contribution is 5.73. The van der Waals surface area contributed by atoms with E-state index in [1.165, 1.54) is 11.9 Å². The van der Waals surface area contributed by atoms with E-state index in [1.807, 2.05) is 24.4 Å². The van der Waals surface area contributed by atoms with Crippen LogP contribution in [0.25, 0.3) is 0 Å². The molecule has 0 spiro atoms. The van der Waals surface area contributed by atoms with Crippen molar-refractivity contribution in [1.29, 1.82) is 0 Å². The van der Waals surface area contributed by atoms with E-state index in [1.54, 1.807) is 6.20 Å². The highest BCUT2D eigenvalue weighted by atomic mass is 15.0. The van der Waals surface area contributed by atoms with Crippen molar-refractivity contribution in [2.45, 2.75) is 13.3 Å². The standard InChI is InChI=1S/C14H14N4/c1-10-6-11-7-12(2-3-13(11)16-8-10)18-14-4-5-15-9-17-14/h2-5,7-10H,6H2,1H3,(H,15,17,18). The zero-order chi connectivity index (χ0) is 12.4. The first-order chi connectivity index (χ1) is 8.81. The summed E-state index contributed by atoms with van der Waals surface area (Å²) in [6.07, 6.45) is 6.31. The first-order valence-corrected chi connectivity index (χ1v) is 6.01. The third-order valence-electron chi connectivity index (χ3n) is 2.94. The van der Waals surface area contributed by atoms with Gasteiger partial charge in [0.2, 0.25) is 0 Å². The molecular formula is C14H14N4. The van der Waals surface area contributed by atoms with Crippen molar-refractivity contribution in [2.24, 2.45) is 10.9 Å². The van der Waals surface area contributed by atoms with Crippen molar-refractivity contribution < 1.29 is 0 Å². The van der Waals surface area contributed by atoms with Crippen molar-refractivity contribution in [3.63, 3.8) is 0 Å². The molecule has 3 rings (SSSR count). The van der Waals surface area contributed by atoms with E-state index in [2.05, 4.69) is 33.3 Å². The van der Waals surface area contributed by atoms with Crippen LogP contribution in [0.15, 0.2) is 41.8 Å². The molecule has 0 bridgehead atoms. The summed E-state index contributed by atoms with van der Waals surface area (Å²) in [6.45, 7) is 2.18. The minimum Gasteiger partial charge on any atom is -0.340 e. The molecule has 1 N–H and O–H groups in total. The maximum absolute atomic E-state index is 4.44. The Morgan fingerprint density at radius 2 is 2.22 bits per heavy atom. The van der Waals surface area contributed by atoms with Gasteiger partial charge in [-0.1, -0.05) is 6.92 Å². The lowest BCUT2D eigenvalue weighted by molar-refractivity contribution is 0.771. The Kier molecular flexibility index (Phi) is 2.76. The molecule has 0 saturated heterocycles. The van der Waals surface area contributed by atoms with Crippen LogP contribution < -0.4 is 5.32 Å². The second-order valence-electron chi connectivity index (χ2n) is 4.52. The molecule has 4 heteroatoms. The lowest BCUT2D eigenvalue weighted by Crippen LogP contribution is -2.06. The summed E-state index contributed by atoms with van der Waals surface area (Å²) >= 11 is 0. The van der Waals surface area contributed by atoms with Gasteiger partial charge in [0, 0.05) is 18.1 Å². The molecule has 0 aliphatic carbocycles. The molecule has 1 aromatic heterocycles. The van der Waals surface area contributed by atoms with Gasteiger partial charge in [0.05, 0.1) is 5.69 Å². The molecule has 0 amide bonds. The molecule has 0 fully saturated rings. The highest BCUT2D eigenvalue weighted by Gasteiger charge is 2.11. The largest absolute Gasteiger partial charge is 0.340 e. The quantitative estimate of drug-likeness (QED) is 0.874. The van der Waals surface area contributed by atoms with Crippen molar-refractivity contribution in [1.82, 2.24) is 9.97 Å². The van der Waals surface area contributed by atoms with E-state index in [4.69, 9.17) is 0 Å². The minimum absolute atomic E-state index is 0.506. The van der Waals surface area contributed by atoms with E-state index < -0.39 is 0 Å². The van der Waals surface area contributed by atoms with Crippen LogP contribution in [0.1, 0.15) is 12.5 Å². The van der Waals surface area contributed by atoms with Gasteiger partial charge < -0.3 is 5.32 Å². The van der Waals surface area contributed by atoms with Crippen molar-refractivity contribution >= 4 is 23.4 Å². The normalized spacial score (nSPS) is 17.3. The summed E-state index contributed by atoms with van der Waals surface area (Å²) in [6, 6.07) is 8.06. The number of hydrogen-bond donors (Lipinski definition) is 1. The van der Waals surface area contributed by atoms with E-state index in [-0.39, 0.29) is 0 Å². The first kappa shape index (κ1) is 10.9. The zero-order valence-electron chi connectivity index (χ0n) is 10.2. The molecule has 18 heavy (non-hydrogen) atoms. The summed E-state index contributed by atoms with van der Waals surface area (Å²) in [5.41, 5.74) is 3.39. The minimum atomic E-state index is 0.506. The SMILES string of the molecule is CC1C=Nc2ccc(Nc3ccncn3)cc2C1. The summed E-state index contributed by atoms with van der Waals surface area (Å²) in [5.74, 6) is 1.31. The number of rotatable bonds is 2. The second-order valence-corrected chi connectivity index (χ2v) is 4.52. The van der Waals surface area contributed by atoms with Crippen LogP contribution >= 0.6 is 0 Å². The Morgan fingerprint density at radius 1 is 1.28 bits per heavy atom. The average Bonchev–Trinajstić information content (AvgIpc) is 2.39. The number of nitrogens with one attached hydrogen (secondary N) is 1. The van der Waals surface area contributed by atoms with Gasteiger partial charge in [-0.05, 0) is 42.2 Å². The van der Waals surface area contributed by atoms with Crippen LogP contribution in [0.2, 0.25) is 0 Å². The third kappa shape index (κ3) is 2.22. The number of nitrogens with zero attached hydrogens (tertiary/aromatic N) is 3. The fourth-order valence-electron chi connectivity index (χ4n) is 2.07. The van der Waals surface area contributed by atoms with Gasteiger partial charge in [-0.2, -0.15) is 0 Å². The molecule has 1 aliphatic rings. The summed E-state index contributed by atoms with van der Waals surface area (Å²) in [7, 11) is 0.